The summed E-state index contributed by atoms with van der Waals surface area (Å²) in [6.45, 7) is 5.35. The van der Waals surface area contributed by atoms with Crippen LogP contribution in [0.4, 0.5) is 0 Å². The maximum atomic E-state index is 9.40. The number of aliphatic hydroxyl groups is 1. The fraction of sp³-hybridized carbons (Fsp3) is 0.692. The lowest BCUT2D eigenvalue weighted by Gasteiger charge is -2.29. The zero-order valence-corrected chi connectivity index (χ0v) is 11.1. The molecule has 1 aliphatic heterocycles. The molecule has 1 aliphatic rings. The molecule has 1 aromatic rings. The van der Waals surface area contributed by atoms with Crippen molar-refractivity contribution < 1.29 is 5.11 Å². The second-order valence-corrected chi connectivity index (χ2v) is 5.51. The van der Waals surface area contributed by atoms with Crippen LogP contribution in [0.3, 0.4) is 0 Å². The lowest BCUT2D eigenvalue weighted by Crippen LogP contribution is -2.37. The van der Waals surface area contributed by atoms with E-state index in [4.69, 9.17) is 0 Å². The van der Waals surface area contributed by atoms with Gasteiger partial charge in [-0.2, -0.15) is 11.3 Å². The second kappa shape index (κ2) is 7.11. The molecule has 0 radical (unpaired) electrons. The predicted octanol–water partition coefficient (Wildman–Crippen LogP) is 1.68. The van der Waals surface area contributed by atoms with Crippen molar-refractivity contribution in [3.8, 4) is 0 Å². The molecule has 0 spiro atoms. The van der Waals surface area contributed by atoms with E-state index in [-0.39, 0.29) is 6.10 Å². The third-order valence-corrected chi connectivity index (χ3v) is 4.03. The quantitative estimate of drug-likeness (QED) is 0.758. The topological polar surface area (TPSA) is 35.5 Å². The van der Waals surface area contributed by atoms with Crippen LogP contribution < -0.4 is 5.32 Å². The lowest BCUT2D eigenvalue weighted by molar-refractivity contribution is 0.0821. The minimum Gasteiger partial charge on any atom is -0.393 e. The van der Waals surface area contributed by atoms with Gasteiger partial charge < -0.3 is 15.3 Å². The van der Waals surface area contributed by atoms with Crippen LogP contribution in [0.15, 0.2) is 16.8 Å². The molecule has 0 bridgehead atoms. The molecule has 2 rings (SSSR count). The van der Waals surface area contributed by atoms with Gasteiger partial charge in [0.2, 0.25) is 0 Å². The molecular formula is C13H22N2OS. The van der Waals surface area contributed by atoms with Gasteiger partial charge >= 0.3 is 0 Å². The van der Waals surface area contributed by atoms with E-state index in [1.54, 1.807) is 11.3 Å². The summed E-state index contributed by atoms with van der Waals surface area (Å²) >= 11 is 1.75. The van der Waals surface area contributed by atoms with Crippen molar-refractivity contribution in [2.24, 2.45) is 0 Å². The van der Waals surface area contributed by atoms with Crippen LogP contribution in [0.5, 0.6) is 0 Å². The summed E-state index contributed by atoms with van der Waals surface area (Å²) in [5.41, 5.74) is 1.39. The summed E-state index contributed by atoms with van der Waals surface area (Å²) in [7, 11) is 0. The van der Waals surface area contributed by atoms with Gasteiger partial charge in [0.1, 0.15) is 0 Å². The molecule has 0 amide bonds. The first-order valence-corrected chi connectivity index (χ1v) is 7.41. The van der Waals surface area contributed by atoms with E-state index in [9.17, 15) is 5.11 Å². The van der Waals surface area contributed by atoms with Gasteiger partial charge in [-0.15, -0.1) is 0 Å². The zero-order valence-electron chi connectivity index (χ0n) is 10.3. The van der Waals surface area contributed by atoms with Gasteiger partial charge in [0.05, 0.1) is 6.10 Å². The van der Waals surface area contributed by atoms with Crippen LogP contribution in [0.25, 0.3) is 0 Å². The fourth-order valence-electron chi connectivity index (χ4n) is 2.20. The van der Waals surface area contributed by atoms with Crippen molar-refractivity contribution in [1.82, 2.24) is 10.2 Å². The molecule has 0 aromatic carbocycles. The lowest BCUT2D eigenvalue weighted by atomic mass is 10.1. The Morgan fingerprint density at radius 3 is 2.94 bits per heavy atom. The Hall–Kier alpha value is -0.420. The van der Waals surface area contributed by atoms with Gasteiger partial charge in [0, 0.05) is 19.6 Å². The maximum absolute atomic E-state index is 9.40. The molecule has 17 heavy (non-hydrogen) atoms. The van der Waals surface area contributed by atoms with Crippen molar-refractivity contribution >= 4 is 11.3 Å². The van der Waals surface area contributed by atoms with Crippen molar-refractivity contribution in [2.45, 2.75) is 31.9 Å². The summed E-state index contributed by atoms with van der Waals surface area (Å²) in [5.74, 6) is 0. The van der Waals surface area contributed by atoms with Crippen LogP contribution in [0.2, 0.25) is 0 Å². The number of nitrogens with one attached hydrogen (secondary N) is 1. The highest BCUT2D eigenvalue weighted by molar-refractivity contribution is 7.07. The molecule has 0 atom stereocenters. The molecule has 1 aromatic heterocycles. The molecule has 3 nitrogen and oxygen atoms in total. The van der Waals surface area contributed by atoms with Crippen LogP contribution in [0, 0.1) is 0 Å². The summed E-state index contributed by atoms with van der Waals surface area (Å²) < 4.78 is 0. The van der Waals surface area contributed by atoms with Crippen LogP contribution in [-0.4, -0.2) is 42.3 Å². The van der Waals surface area contributed by atoms with Crippen LogP contribution in [0.1, 0.15) is 24.8 Å². The number of hydrogen-bond acceptors (Lipinski definition) is 4. The van der Waals surface area contributed by atoms with E-state index in [1.165, 1.54) is 12.0 Å². The Morgan fingerprint density at radius 1 is 1.41 bits per heavy atom. The van der Waals surface area contributed by atoms with E-state index < -0.39 is 0 Å². The minimum atomic E-state index is -0.0528. The molecule has 1 fully saturated rings. The molecule has 0 unspecified atom stereocenters. The molecule has 0 aliphatic carbocycles. The third-order valence-electron chi connectivity index (χ3n) is 3.29. The standard InChI is InChI=1S/C13H22N2OS/c16-13-2-7-15(8-3-13)6-1-5-14-10-12-4-9-17-11-12/h4,9,11,13-14,16H,1-3,5-8,10H2. The van der Waals surface area contributed by atoms with Crippen molar-refractivity contribution in [3.63, 3.8) is 0 Å². The van der Waals surface area contributed by atoms with Gasteiger partial charge in [0.15, 0.2) is 0 Å². The largest absolute Gasteiger partial charge is 0.393 e. The van der Waals surface area contributed by atoms with Crippen molar-refractivity contribution in [3.05, 3.63) is 22.4 Å². The number of piperidine rings is 1. The molecular weight excluding hydrogens is 232 g/mol. The SMILES string of the molecule is OC1CCN(CCCNCc2ccsc2)CC1. The number of thiophene rings is 1. The Morgan fingerprint density at radius 2 is 2.24 bits per heavy atom. The Bertz CT molecular complexity index is 294. The number of nitrogens with zero attached hydrogens (tertiary/aromatic N) is 1. The Balaban J connectivity index is 1.49. The van der Waals surface area contributed by atoms with Crippen LogP contribution in [-0.2, 0) is 6.54 Å². The number of likely N-dealkylation sites (tertiary alicyclic amines) is 1. The van der Waals surface area contributed by atoms with Gasteiger partial charge in [-0.1, -0.05) is 0 Å². The van der Waals surface area contributed by atoms with Crippen LogP contribution >= 0.6 is 11.3 Å². The summed E-state index contributed by atoms with van der Waals surface area (Å²) in [5, 5.41) is 17.2. The van der Waals surface area contributed by atoms with E-state index >= 15 is 0 Å². The van der Waals surface area contributed by atoms with Gasteiger partial charge in [-0.25, -0.2) is 0 Å². The minimum absolute atomic E-state index is 0.0528. The van der Waals surface area contributed by atoms with Crippen molar-refractivity contribution in [2.75, 3.05) is 26.2 Å². The number of aliphatic hydroxyl groups excluding tert-OH is 1. The van der Waals surface area contributed by atoms with Gasteiger partial charge in [-0.3, -0.25) is 0 Å². The highest BCUT2D eigenvalue weighted by Crippen LogP contribution is 2.09. The Labute approximate surface area is 107 Å². The molecule has 0 saturated carbocycles. The predicted molar refractivity (Wildman–Crippen MR) is 72.3 cm³/mol. The normalized spacial score (nSPS) is 18.6. The summed E-state index contributed by atoms with van der Waals surface area (Å²) in [6, 6.07) is 2.17. The Kier molecular flexibility index (Phi) is 5.45. The van der Waals surface area contributed by atoms with Gasteiger partial charge in [0.25, 0.3) is 0 Å². The third kappa shape index (κ3) is 4.76. The summed E-state index contributed by atoms with van der Waals surface area (Å²) in [6.07, 6.45) is 3.04. The second-order valence-electron chi connectivity index (χ2n) is 4.73. The van der Waals surface area contributed by atoms with Gasteiger partial charge in [-0.05, 0) is 54.7 Å². The number of hydrogen-bond donors (Lipinski definition) is 2. The average Bonchev–Trinajstić information content (AvgIpc) is 2.84. The average molecular weight is 254 g/mol. The first-order chi connectivity index (χ1) is 8.34. The maximum Gasteiger partial charge on any atom is 0.0564 e. The van der Waals surface area contributed by atoms with E-state index in [2.05, 4.69) is 27.0 Å². The molecule has 2 heterocycles. The number of rotatable bonds is 6. The first kappa shape index (κ1) is 13.0. The fourth-order valence-corrected chi connectivity index (χ4v) is 2.87. The molecule has 4 heteroatoms. The molecule has 2 N–H and O–H groups in total. The molecule has 1 saturated heterocycles. The molecule has 96 valence electrons. The summed E-state index contributed by atoms with van der Waals surface area (Å²) in [4.78, 5) is 2.46. The highest BCUT2D eigenvalue weighted by Gasteiger charge is 2.15. The zero-order chi connectivity index (χ0) is 11.9. The highest BCUT2D eigenvalue weighted by atomic mass is 32.1. The van der Waals surface area contributed by atoms with E-state index in [0.717, 1.165) is 45.6 Å². The first-order valence-electron chi connectivity index (χ1n) is 6.47. The van der Waals surface area contributed by atoms with E-state index in [1.807, 2.05) is 0 Å². The van der Waals surface area contributed by atoms with E-state index in [0.29, 0.717) is 0 Å². The van der Waals surface area contributed by atoms with Crippen molar-refractivity contribution in [1.29, 1.82) is 0 Å². The monoisotopic (exact) mass is 254 g/mol. The smallest absolute Gasteiger partial charge is 0.0564 e.